The summed E-state index contributed by atoms with van der Waals surface area (Å²) < 4.78 is 19.6. The molecule has 4 nitrogen and oxygen atoms in total. The maximum absolute atomic E-state index is 13.6. The van der Waals surface area contributed by atoms with Crippen molar-refractivity contribution < 1.29 is 9.13 Å². The van der Waals surface area contributed by atoms with Crippen LogP contribution in [-0.2, 0) is 0 Å². The maximum atomic E-state index is 13.6. The van der Waals surface area contributed by atoms with Crippen LogP contribution in [0.2, 0.25) is 0 Å². The summed E-state index contributed by atoms with van der Waals surface area (Å²) in [6, 6.07) is 7.53. The Kier molecular flexibility index (Phi) is 3.57. The third kappa shape index (κ3) is 2.84. The summed E-state index contributed by atoms with van der Waals surface area (Å²) >= 11 is 3.16. The first-order valence-corrected chi connectivity index (χ1v) is 5.79. The maximum Gasteiger partial charge on any atom is 0.166 e. The fourth-order valence-electron chi connectivity index (χ4n) is 1.31. The molecule has 3 N–H and O–H groups in total. The van der Waals surface area contributed by atoms with Gasteiger partial charge in [0.1, 0.15) is 17.3 Å². The summed E-state index contributed by atoms with van der Waals surface area (Å²) in [7, 11) is 0. The number of nitrogens with one attached hydrogen (secondary N) is 1. The van der Waals surface area contributed by atoms with Gasteiger partial charge in [0.25, 0.3) is 0 Å². The predicted octanol–water partition coefficient (Wildman–Crippen LogP) is 3.06. The second-order valence-electron chi connectivity index (χ2n) is 3.47. The number of nitrogen functional groups attached to an aromatic ring is 1. The third-order valence-electron chi connectivity index (χ3n) is 2.13. The molecule has 0 saturated heterocycles. The average Bonchev–Trinajstić information content (AvgIpc) is 2.33. The molecule has 0 unspecified atom stereocenters. The molecule has 0 saturated carbocycles. The number of rotatable bonds is 3. The lowest BCUT2D eigenvalue weighted by molar-refractivity contribution is 0.441. The van der Waals surface area contributed by atoms with Crippen LogP contribution in [0.1, 0.15) is 5.69 Å². The Labute approximate surface area is 111 Å². The average molecular weight is 310 g/mol. The number of pyridine rings is 1. The van der Waals surface area contributed by atoms with Crippen LogP contribution in [-0.4, -0.2) is 10.8 Å². The highest BCUT2D eigenvalue weighted by molar-refractivity contribution is 9.10. The fourth-order valence-corrected chi connectivity index (χ4v) is 1.64. The van der Waals surface area contributed by atoms with Crippen molar-refractivity contribution in [1.82, 2.24) is 4.98 Å². The van der Waals surface area contributed by atoms with Gasteiger partial charge in [-0.2, -0.15) is 0 Å². The van der Waals surface area contributed by atoms with Gasteiger partial charge in [-0.1, -0.05) is 15.9 Å². The number of amidine groups is 1. The Hall–Kier alpha value is -1.95. The van der Waals surface area contributed by atoms with Crippen LogP contribution < -0.4 is 10.5 Å². The second-order valence-corrected chi connectivity index (χ2v) is 4.38. The highest BCUT2D eigenvalue weighted by atomic mass is 79.9. The van der Waals surface area contributed by atoms with Crippen molar-refractivity contribution in [3.63, 3.8) is 0 Å². The van der Waals surface area contributed by atoms with Gasteiger partial charge in [-0.25, -0.2) is 4.39 Å². The first kappa shape index (κ1) is 12.5. The molecule has 2 rings (SSSR count). The number of nitrogens with two attached hydrogens (primary N) is 1. The van der Waals surface area contributed by atoms with Crippen LogP contribution in [0.5, 0.6) is 11.5 Å². The molecule has 0 amide bonds. The van der Waals surface area contributed by atoms with Crippen molar-refractivity contribution in [3.8, 4) is 11.5 Å². The van der Waals surface area contributed by atoms with Crippen LogP contribution in [0.25, 0.3) is 0 Å². The first-order valence-electron chi connectivity index (χ1n) is 4.99. The van der Waals surface area contributed by atoms with E-state index in [4.69, 9.17) is 15.9 Å². The number of hydrogen-bond donors (Lipinski definition) is 2. The zero-order valence-corrected chi connectivity index (χ0v) is 10.7. The van der Waals surface area contributed by atoms with E-state index in [2.05, 4.69) is 20.9 Å². The molecule has 0 radical (unpaired) electrons. The molecule has 18 heavy (non-hydrogen) atoms. The van der Waals surface area contributed by atoms with Crippen LogP contribution >= 0.6 is 15.9 Å². The minimum Gasteiger partial charge on any atom is -0.454 e. The van der Waals surface area contributed by atoms with Crippen molar-refractivity contribution in [2.75, 3.05) is 0 Å². The van der Waals surface area contributed by atoms with E-state index in [1.54, 1.807) is 12.1 Å². The van der Waals surface area contributed by atoms with E-state index < -0.39 is 5.82 Å². The number of aromatic nitrogens is 1. The van der Waals surface area contributed by atoms with Crippen molar-refractivity contribution in [3.05, 3.63) is 52.5 Å². The van der Waals surface area contributed by atoms with Gasteiger partial charge in [-0.15, -0.1) is 0 Å². The summed E-state index contributed by atoms with van der Waals surface area (Å²) in [5.41, 5.74) is 5.59. The largest absolute Gasteiger partial charge is 0.454 e. The molecule has 2 aromatic rings. The van der Waals surface area contributed by atoms with Crippen molar-refractivity contribution in [2.45, 2.75) is 0 Å². The fraction of sp³-hybridized carbons (Fsp3) is 0. The molecule has 0 bridgehead atoms. The van der Waals surface area contributed by atoms with E-state index in [0.29, 0.717) is 10.2 Å². The second kappa shape index (κ2) is 5.14. The summed E-state index contributed by atoms with van der Waals surface area (Å²) in [6.07, 6.45) is 1.45. The van der Waals surface area contributed by atoms with Crippen molar-refractivity contribution in [2.24, 2.45) is 5.73 Å². The number of halogens is 2. The number of benzene rings is 1. The lowest BCUT2D eigenvalue weighted by Gasteiger charge is -2.07. The number of hydrogen-bond acceptors (Lipinski definition) is 3. The van der Waals surface area contributed by atoms with Gasteiger partial charge in [0.05, 0.1) is 0 Å². The zero-order valence-electron chi connectivity index (χ0n) is 9.15. The Balaban J connectivity index is 2.28. The molecular weight excluding hydrogens is 301 g/mol. The molecular formula is C12H9BrFN3O. The Morgan fingerprint density at radius 2 is 2.11 bits per heavy atom. The van der Waals surface area contributed by atoms with E-state index in [9.17, 15) is 4.39 Å². The molecule has 92 valence electrons. The molecule has 1 aromatic heterocycles. The minimum atomic E-state index is -0.481. The molecule has 0 aliphatic rings. The Morgan fingerprint density at radius 3 is 2.78 bits per heavy atom. The normalized spacial score (nSPS) is 10.1. The van der Waals surface area contributed by atoms with E-state index in [1.165, 1.54) is 24.4 Å². The number of nitrogens with zero attached hydrogens (tertiary/aromatic N) is 1. The molecule has 0 spiro atoms. The van der Waals surface area contributed by atoms with Gasteiger partial charge in [-0.05, 0) is 24.3 Å². The third-order valence-corrected chi connectivity index (χ3v) is 2.62. The topological polar surface area (TPSA) is 72.0 Å². The Morgan fingerprint density at radius 1 is 1.33 bits per heavy atom. The molecule has 1 heterocycles. The van der Waals surface area contributed by atoms with Crippen molar-refractivity contribution in [1.29, 1.82) is 5.41 Å². The minimum absolute atomic E-state index is 0.0962. The predicted molar refractivity (Wildman–Crippen MR) is 69.4 cm³/mol. The van der Waals surface area contributed by atoms with Crippen LogP contribution in [0, 0.1) is 11.2 Å². The van der Waals surface area contributed by atoms with Gasteiger partial charge in [0, 0.05) is 16.7 Å². The highest BCUT2D eigenvalue weighted by Gasteiger charge is 2.07. The van der Waals surface area contributed by atoms with Crippen molar-refractivity contribution >= 4 is 21.8 Å². The zero-order chi connectivity index (χ0) is 13.1. The standard InChI is InChI=1S/C12H9BrFN3O/c13-7-1-2-11(9(14)5-7)18-8-3-4-17-10(6-8)12(15)16/h1-6H,(H3,15,16). The summed E-state index contributed by atoms with van der Waals surface area (Å²) in [4.78, 5) is 3.89. The van der Waals surface area contributed by atoms with Gasteiger partial charge < -0.3 is 10.5 Å². The lowest BCUT2D eigenvalue weighted by atomic mass is 10.3. The first-order chi connectivity index (χ1) is 8.56. The Bertz CT molecular complexity index is 604. The van der Waals surface area contributed by atoms with Crippen LogP contribution in [0.4, 0.5) is 4.39 Å². The highest BCUT2D eigenvalue weighted by Crippen LogP contribution is 2.26. The smallest absolute Gasteiger partial charge is 0.166 e. The molecule has 6 heteroatoms. The van der Waals surface area contributed by atoms with E-state index in [-0.39, 0.29) is 17.3 Å². The summed E-state index contributed by atoms with van der Waals surface area (Å²) in [5.74, 6) is -0.183. The number of ether oxygens (including phenoxy) is 1. The van der Waals surface area contributed by atoms with E-state index >= 15 is 0 Å². The van der Waals surface area contributed by atoms with Gasteiger partial charge in [0.15, 0.2) is 11.6 Å². The summed E-state index contributed by atoms with van der Waals surface area (Å²) in [5, 5.41) is 7.26. The van der Waals surface area contributed by atoms with Gasteiger partial charge >= 0.3 is 0 Å². The quantitative estimate of drug-likeness (QED) is 0.676. The monoisotopic (exact) mass is 309 g/mol. The van der Waals surface area contributed by atoms with Crippen LogP contribution in [0.3, 0.4) is 0 Å². The van der Waals surface area contributed by atoms with Gasteiger partial charge in [0.2, 0.25) is 0 Å². The molecule has 0 aliphatic heterocycles. The molecule has 0 atom stereocenters. The van der Waals surface area contributed by atoms with Gasteiger partial charge in [-0.3, -0.25) is 10.4 Å². The van der Waals surface area contributed by atoms with Crippen LogP contribution in [0.15, 0.2) is 41.0 Å². The van der Waals surface area contributed by atoms with E-state index in [1.807, 2.05) is 0 Å². The molecule has 0 fully saturated rings. The summed E-state index contributed by atoms with van der Waals surface area (Å²) in [6.45, 7) is 0. The molecule has 0 aliphatic carbocycles. The lowest BCUT2D eigenvalue weighted by Crippen LogP contribution is -2.12. The van der Waals surface area contributed by atoms with E-state index in [0.717, 1.165) is 0 Å². The molecule has 1 aromatic carbocycles. The SMILES string of the molecule is N=C(N)c1cc(Oc2ccc(Br)cc2F)ccn1.